The van der Waals surface area contributed by atoms with Crippen molar-refractivity contribution in [2.24, 2.45) is 0 Å². The van der Waals surface area contributed by atoms with E-state index in [9.17, 15) is 0 Å². The monoisotopic (exact) mass is 362 g/mol. The van der Waals surface area contributed by atoms with E-state index in [4.69, 9.17) is 9.47 Å². The highest BCUT2D eigenvalue weighted by molar-refractivity contribution is 14.1. The second kappa shape index (κ2) is 8.00. The Kier molecular flexibility index (Phi) is 7.00. The molecule has 3 heteroatoms. The van der Waals surface area contributed by atoms with Gasteiger partial charge in [0.2, 0.25) is 0 Å². The molecule has 0 aliphatic rings. The summed E-state index contributed by atoms with van der Waals surface area (Å²) in [5, 5.41) is 0. The van der Waals surface area contributed by atoms with Crippen LogP contribution in [0.3, 0.4) is 0 Å². The smallest absolute Gasteiger partial charge is 0.126 e. The maximum atomic E-state index is 5.96. The van der Waals surface area contributed by atoms with Gasteiger partial charge in [0.15, 0.2) is 0 Å². The maximum absolute atomic E-state index is 5.96. The van der Waals surface area contributed by atoms with E-state index >= 15 is 0 Å². The van der Waals surface area contributed by atoms with Gasteiger partial charge in [0, 0.05) is 0 Å². The van der Waals surface area contributed by atoms with Crippen molar-refractivity contribution in [2.75, 3.05) is 17.8 Å². The minimum Gasteiger partial charge on any atom is -0.491 e. The number of ether oxygens (including phenoxy) is 2. The van der Waals surface area contributed by atoms with Crippen molar-refractivity contribution in [3.8, 4) is 5.75 Å². The fourth-order valence-corrected chi connectivity index (χ4v) is 2.22. The van der Waals surface area contributed by atoms with Crippen LogP contribution < -0.4 is 4.74 Å². The summed E-state index contributed by atoms with van der Waals surface area (Å²) in [5.74, 6) is 2.01. The lowest BCUT2D eigenvalue weighted by atomic mass is 9.94. The van der Waals surface area contributed by atoms with Crippen molar-refractivity contribution < 1.29 is 9.47 Å². The molecule has 0 saturated carbocycles. The van der Waals surface area contributed by atoms with E-state index in [1.807, 2.05) is 0 Å². The highest BCUT2D eigenvalue weighted by Crippen LogP contribution is 2.34. The third-order valence-corrected chi connectivity index (χ3v) is 3.31. The molecule has 0 unspecified atom stereocenters. The van der Waals surface area contributed by atoms with Crippen LogP contribution in [-0.4, -0.2) is 17.8 Å². The first-order chi connectivity index (χ1) is 8.57. The molecule has 1 aromatic carbocycles. The molecule has 1 rings (SSSR count). The fourth-order valence-electron chi connectivity index (χ4n) is 1.91. The van der Waals surface area contributed by atoms with Gasteiger partial charge >= 0.3 is 0 Å². The summed E-state index contributed by atoms with van der Waals surface area (Å²) in [6.45, 7) is 10.1. The molecule has 102 valence electrons. The Morgan fingerprint density at radius 2 is 1.56 bits per heavy atom. The van der Waals surface area contributed by atoms with Crippen LogP contribution in [0.25, 0.3) is 0 Å². The number of benzene rings is 1. The van der Waals surface area contributed by atoms with Gasteiger partial charge in [-0.2, -0.15) is 0 Å². The molecule has 1 aromatic rings. The normalized spacial score (nSPS) is 11.3. The molecule has 18 heavy (non-hydrogen) atoms. The summed E-state index contributed by atoms with van der Waals surface area (Å²) in [6, 6.07) is 6.44. The minimum absolute atomic E-state index is 0.476. The molecule has 0 heterocycles. The molecule has 0 fully saturated rings. The van der Waals surface area contributed by atoms with Crippen LogP contribution in [0.5, 0.6) is 5.75 Å². The molecule has 0 bridgehead atoms. The van der Waals surface area contributed by atoms with E-state index in [0.717, 1.165) is 5.75 Å². The van der Waals surface area contributed by atoms with Gasteiger partial charge in [0.05, 0.1) is 11.2 Å². The van der Waals surface area contributed by atoms with Crippen LogP contribution in [0.4, 0.5) is 0 Å². The zero-order chi connectivity index (χ0) is 13.5. The summed E-state index contributed by atoms with van der Waals surface area (Å²) in [6.07, 6.45) is 0. The van der Waals surface area contributed by atoms with Crippen LogP contribution in [-0.2, 0) is 4.74 Å². The lowest BCUT2D eigenvalue weighted by Gasteiger charge is -2.19. The van der Waals surface area contributed by atoms with E-state index in [0.29, 0.717) is 29.7 Å². The molecule has 0 N–H and O–H groups in total. The highest BCUT2D eigenvalue weighted by atomic mass is 127. The first kappa shape index (κ1) is 15.8. The van der Waals surface area contributed by atoms with Crippen molar-refractivity contribution in [1.82, 2.24) is 0 Å². The lowest BCUT2D eigenvalue weighted by molar-refractivity contribution is 0.139. The summed E-state index contributed by atoms with van der Waals surface area (Å²) >= 11 is 2.20. The van der Waals surface area contributed by atoms with E-state index in [-0.39, 0.29) is 0 Å². The molecule has 0 spiro atoms. The standard InChI is InChI=1S/C15H23IO2/c1-11(2)13-6-5-7-14(12(3)4)15(13)18-9-8-17-10-16/h5-7,11-12H,8-10H2,1-4H3. The van der Waals surface area contributed by atoms with Gasteiger partial charge in [-0.05, 0) is 23.0 Å². The van der Waals surface area contributed by atoms with Crippen molar-refractivity contribution in [1.29, 1.82) is 0 Å². The van der Waals surface area contributed by atoms with Crippen molar-refractivity contribution in [2.45, 2.75) is 39.5 Å². The first-order valence-electron chi connectivity index (χ1n) is 6.47. The number of alkyl halides is 1. The molecule has 0 aromatic heterocycles. The zero-order valence-corrected chi connectivity index (χ0v) is 13.9. The quantitative estimate of drug-likeness (QED) is 0.397. The van der Waals surface area contributed by atoms with E-state index in [2.05, 4.69) is 68.5 Å². The van der Waals surface area contributed by atoms with Gasteiger partial charge in [-0.1, -0.05) is 68.5 Å². The molecule has 0 aliphatic heterocycles. The number of para-hydroxylation sites is 1. The Bertz CT molecular complexity index is 335. The van der Waals surface area contributed by atoms with Crippen LogP contribution in [0.1, 0.15) is 50.7 Å². The number of hydrogen-bond acceptors (Lipinski definition) is 2. The molecule has 0 amide bonds. The topological polar surface area (TPSA) is 18.5 Å². The fraction of sp³-hybridized carbons (Fsp3) is 0.600. The van der Waals surface area contributed by atoms with Crippen molar-refractivity contribution >= 4 is 22.6 Å². The molecule has 0 saturated heterocycles. The molecular formula is C15H23IO2. The van der Waals surface area contributed by atoms with Gasteiger partial charge in [-0.25, -0.2) is 0 Å². The number of hydrogen-bond donors (Lipinski definition) is 0. The average Bonchev–Trinajstić information content (AvgIpc) is 2.34. The van der Waals surface area contributed by atoms with E-state index in [1.54, 1.807) is 0 Å². The van der Waals surface area contributed by atoms with Gasteiger partial charge in [0.1, 0.15) is 12.4 Å². The molecular weight excluding hydrogens is 339 g/mol. The van der Waals surface area contributed by atoms with Gasteiger partial charge in [0.25, 0.3) is 0 Å². The van der Waals surface area contributed by atoms with E-state index < -0.39 is 0 Å². The third kappa shape index (κ3) is 4.43. The summed E-state index contributed by atoms with van der Waals surface area (Å²) in [7, 11) is 0. The average molecular weight is 362 g/mol. The SMILES string of the molecule is CC(C)c1cccc(C(C)C)c1OCCOCI. The van der Waals surface area contributed by atoms with Crippen molar-refractivity contribution in [3.05, 3.63) is 29.3 Å². The number of halogens is 1. The van der Waals surface area contributed by atoms with Gasteiger partial charge < -0.3 is 9.47 Å². The minimum atomic E-state index is 0.476. The van der Waals surface area contributed by atoms with Crippen LogP contribution in [0.15, 0.2) is 18.2 Å². The Hall–Kier alpha value is -0.290. The second-order valence-corrected chi connectivity index (χ2v) is 5.56. The predicted molar refractivity (Wildman–Crippen MR) is 85.0 cm³/mol. The van der Waals surface area contributed by atoms with Crippen LogP contribution in [0.2, 0.25) is 0 Å². The van der Waals surface area contributed by atoms with Gasteiger partial charge in [-0.15, -0.1) is 0 Å². The van der Waals surface area contributed by atoms with Gasteiger partial charge in [-0.3, -0.25) is 0 Å². The lowest BCUT2D eigenvalue weighted by Crippen LogP contribution is -2.10. The number of rotatable bonds is 7. The summed E-state index contributed by atoms with van der Waals surface area (Å²) < 4.78 is 12.0. The van der Waals surface area contributed by atoms with Crippen LogP contribution >= 0.6 is 22.6 Å². The Balaban J connectivity index is 2.89. The highest BCUT2D eigenvalue weighted by Gasteiger charge is 2.14. The molecule has 0 atom stereocenters. The van der Waals surface area contributed by atoms with Crippen LogP contribution in [0, 0.1) is 0 Å². The molecule has 2 nitrogen and oxygen atoms in total. The third-order valence-electron chi connectivity index (χ3n) is 2.87. The van der Waals surface area contributed by atoms with E-state index in [1.165, 1.54) is 11.1 Å². The Morgan fingerprint density at radius 1 is 1.00 bits per heavy atom. The maximum Gasteiger partial charge on any atom is 0.126 e. The summed E-state index contributed by atoms with van der Waals surface area (Å²) in [5.41, 5.74) is 2.58. The van der Waals surface area contributed by atoms with Crippen molar-refractivity contribution in [3.63, 3.8) is 0 Å². The first-order valence-corrected chi connectivity index (χ1v) is 7.99. The second-order valence-electron chi connectivity index (χ2n) is 4.94. The summed E-state index contributed by atoms with van der Waals surface area (Å²) in [4.78, 5) is 0. The molecule has 0 aliphatic carbocycles. The predicted octanol–water partition coefficient (Wildman–Crippen LogP) is 4.72. The zero-order valence-electron chi connectivity index (χ0n) is 11.7. The Labute approximate surface area is 124 Å². The molecule has 0 radical (unpaired) electrons. The largest absolute Gasteiger partial charge is 0.491 e. The Morgan fingerprint density at radius 3 is 2.00 bits per heavy atom.